The SMILES string of the molecule is CC(F)(F)Oc1ccccc1C1CCCN1C(C)(C)C. The van der Waals surface area contributed by atoms with Gasteiger partial charge in [-0.3, -0.25) is 4.90 Å². The number of hydrogen-bond donors (Lipinski definition) is 0. The third-order valence-corrected chi connectivity index (χ3v) is 3.68. The monoisotopic (exact) mass is 283 g/mol. The summed E-state index contributed by atoms with van der Waals surface area (Å²) in [5.41, 5.74) is 0.879. The summed E-state index contributed by atoms with van der Waals surface area (Å²) in [6.45, 7) is 8.24. The van der Waals surface area contributed by atoms with E-state index in [0.29, 0.717) is 5.75 Å². The minimum atomic E-state index is -3.15. The van der Waals surface area contributed by atoms with Gasteiger partial charge >= 0.3 is 6.11 Å². The molecular weight excluding hydrogens is 260 g/mol. The van der Waals surface area contributed by atoms with Crippen molar-refractivity contribution >= 4 is 0 Å². The van der Waals surface area contributed by atoms with E-state index in [1.165, 1.54) is 0 Å². The van der Waals surface area contributed by atoms with Gasteiger partial charge in [-0.15, -0.1) is 0 Å². The molecule has 1 heterocycles. The molecule has 0 spiro atoms. The molecule has 1 atom stereocenters. The molecule has 2 rings (SSSR count). The van der Waals surface area contributed by atoms with Crippen molar-refractivity contribution in [3.8, 4) is 5.75 Å². The van der Waals surface area contributed by atoms with E-state index in [-0.39, 0.29) is 11.6 Å². The van der Waals surface area contributed by atoms with Crippen LogP contribution in [0.25, 0.3) is 0 Å². The van der Waals surface area contributed by atoms with Gasteiger partial charge in [0.25, 0.3) is 0 Å². The Hall–Kier alpha value is -1.16. The molecule has 1 aliphatic heterocycles. The van der Waals surface area contributed by atoms with Gasteiger partial charge in [0, 0.05) is 24.1 Å². The van der Waals surface area contributed by atoms with Crippen LogP contribution in [0.1, 0.15) is 52.1 Å². The number of benzene rings is 1. The van der Waals surface area contributed by atoms with Gasteiger partial charge in [-0.2, -0.15) is 8.78 Å². The van der Waals surface area contributed by atoms with E-state index in [0.717, 1.165) is 31.9 Å². The summed E-state index contributed by atoms with van der Waals surface area (Å²) < 4.78 is 31.2. The fourth-order valence-electron chi connectivity index (χ4n) is 2.93. The Bertz CT molecular complexity index is 462. The predicted octanol–water partition coefficient (Wildman–Crippen LogP) is 4.61. The molecule has 0 radical (unpaired) electrons. The molecule has 2 nitrogen and oxygen atoms in total. The van der Waals surface area contributed by atoms with Crippen molar-refractivity contribution < 1.29 is 13.5 Å². The molecule has 0 amide bonds. The maximum atomic E-state index is 13.2. The van der Waals surface area contributed by atoms with Gasteiger partial charge in [0.05, 0.1) is 0 Å². The van der Waals surface area contributed by atoms with Gasteiger partial charge in [-0.05, 0) is 46.2 Å². The molecule has 4 heteroatoms. The molecule has 0 bridgehead atoms. The first kappa shape index (κ1) is 15.2. The summed E-state index contributed by atoms with van der Waals surface area (Å²) in [7, 11) is 0. The average Bonchev–Trinajstić information content (AvgIpc) is 2.76. The molecule has 20 heavy (non-hydrogen) atoms. The summed E-state index contributed by atoms with van der Waals surface area (Å²) in [6.07, 6.45) is -1.09. The molecule has 0 saturated carbocycles. The second-order valence-corrected chi connectivity index (χ2v) is 6.47. The van der Waals surface area contributed by atoms with E-state index < -0.39 is 6.11 Å². The lowest BCUT2D eigenvalue weighted by molar-refractivity contribution is -0.159. The summed E-state index contributed by atoms with van der Waals surface area (Å²) in [5, 5.41) is 0. The van der Waals surface area contributed by atoms with Crippen LogP contribution in [0, 0.1) is 0 Å². The summed E-state index contributed by atoms with van der Waals surface area (Å²) in [6, 6.07) is 7.30. The van der Waals surface area contributed by atoms with Crippen LogP contribution in [0.2, 0.25) is 0 Å². The zero-order chi connectivity index (χ0) is 15.0. The topological polar surface area (TPSA) is 12.5 Å². The van der Waals surface area contributed by atoms with Gasteiger partial charge in [0.2, 0.25) is 0 Å². The Kier molecular flexibility index (Phi) is 4.05. The van der Waals surface area contributed by atoms with E-state index in [1.54, 1.807) is 12.1 Å². The maximum absolute atomic E-state index is 13.2. The first-order chi connectivity index (χ1) is 9.18. The van der Waals surface area contributed by atoms with Crippen LogP contribution >= 0.6 is 0 Å². The van der Waals surface area contributed by atoms with Crippen molar-refractivity contribution in [2.45, 2.75) is 58.2 Å². The van der Waals surface area contributed by atoms with E-state index in [2.05, 4.69) is 25.7 Å². The van der Waals surface area contributed by atoms with Gasteiger partial charge in [-0.1, -0.05) is 18.2 Å². The highest BCUT2D eigenvalue weighted by Gasteiger charge is 2.36. The number of hydrogen-bond acceptors (Lipinski definition) is 2. The van der Waals surface area contributed by atoms with E-state index in [1.807, 2.05) is 12.1 Å². The van der Waals surface area contributed by atoms with Crippen molar-refractivity contribution in [3.05, 3.63) is 29.8 Å². The lowest BCUT2D eigenvalue weighted by Gasteiger charge is -2.37. The van der Waals surface area contributed by atoms with Crippen LogP contribution in [0.5, 0.6) is 5.75 Å². The van der Waals surface area contributed by atoms with E-state index in [9.17, 15) is 8.78 Å². The molecule has 1 aromatic rings. The van der Waals surface area contributed by atoms with Crippen molar-refractivity contribution in [2.75, 3.05) is 6.54 Å². The maximum Gasteiger partial charge on any atom is 0.394 e. The van der Waals surface area contributed by atoms with Crippen molar-refractivity contribution in [3.63, 3.8) is 0 Å². The number of halogens is 2. The first-order valence-corrected chi connectivity index (χ1v) is 7.11. The molecule has 0 aromatic heterocycles. The molecule has 0 N–H and O–H groups in total. The zero-order valence-corrected chi connectivity index (χ0v) is 12.6. The number of likely N-dealkylation sites (tertiary alicyclic amines) is 1. The van der Waals surface area contributed by atoms with Gasteiger partial charge < -0.3 is 4.74 Å². The van der Waals surface area contributed by atoms with Crippen molar-refractivity contribution in [1.29, 1.82) is 0 Å². The molecule has 112 valence electrons. The molecular formula is C16H23F2NO. The Labute approximate surface area is 119 Å². The second-order valence-electron chi connectivity index (χ2n) is 6.47. The van der Waals surface area contributed by atoms with Crippen LogP contribution in [-0.4, -0.2) is 23.1 Å². The van der Waals surface area contributed by atoms with E-state index in [4.69, 9.17) is 4.74 Å². The number of ether oxygens (including phenoxy) is 1. The molecule has 1 aromatic carbocycles. The van der Waals surface area contributed by atoms with Crippen LogP contribution in [-0.2, 0) is 0 Å². The predicted molar refractivity (Wildman–Crippen MR) is 76.1 cm³/mol. The van der Waals surface area contributed by atoms with Gasteiger partial charge in [-0.25, -0.2) is 0 Å². The molecule has 1 fully saturated rings. The number of rotatable bonds is 3. The van der Waals surface area contributed by atoms with E-state index >= 15 is 0 Å². The lowest BCUT2D eigenvalue weighted by Crippen LogP contribution is -2.40. The fourth-order valence-corrected chi connectivity index (χ4v) is 2.93. The van der Waals surface area contributed by atoms with Gasteiger partial charge in [0.1, 0.15) is 5.75 Å². The quantitative estimate of drug-likeness (QED) is 0.803. The second kappa shape index (κ2) is 5.32. The Morgan fingerprint density at radius 1 is 1.15 bits per heavy atom. The van der Waals surface area contributed by atoms with Crippen LogP contribution in [0.15, 0.2) is 24.3 Å². The van der Waals surface area contributed by atoms with Crippen molar-refractivity contribution in [1.82, 2.24) is 4.90 Å². The smallest absolute Gasteiger partial charge is 0.394 e. The third-order valence-electron chi connectivity index (χ3n) is 3.68. The summed E-state index contributed by atoms with van der Waals surface area (Å²) >= 11 is 0. The Balaban J connectivity index is 2.33. The van der Waals surface area contributed by atoms with Crippen LogP contribution < -0.4 is 4.74 Å². The summed E-state index contributed by atoms with van der Waals surface area (Å²) in [4.78, 5) is 2.36. The first-order valence-electron chi connectivity index (χ1n) is 7.11. The number of para-hydroxylation sites is 1. The molecule has 1 saturated heterocycles. The van der Waals surface area contributed by atoms with Crippen molar-refractivity contribution in [2.24, 2.45) is 0 Å². The van der Waals surface area contributed by atoms with Crippen LogP contribution in [0.4, 0.5) is 8.78 Å². The number of alkyl halides is 2. The molecule has 0 aliphatic carbocycles. The van der Waals surface area contributed by atoms with Gasteiger partial charge in [0.15, 0.2) is 0 Å². The minimum absolute atomic E-state index is 0.0169. The lowest BCUT2D eigenvalue weighted by atomic mass is 9.98. The molecule has 1 unspecified atom stereocenters. The minimum Gasteiger partial charge on any atom is -0.432 e. The largest absolute Gasteiger partial charge is 0.432 e. The highest BCUT2D eigenvalue weighted by atomic mass is 19.3. The Morgan fingerprint density at radius 3 is 2.40 bits per heavy atom. The number of nitrogens with zero attached hydrogens (tertiary/aromatic N) is 1. The average molecular weight is 283 g/mol. The highest BCUT2D eigenvalue weighted by molar-refractivity contribution is 5.37. The third kappa shape index (κ3) is 3.48. The summed E-state index contributed by atoms with van der Waals surface area (Å²) in [5.74, 6) is 0.293. The Morgan fingerprint density at radius 2 is 1.80 bits per heavy atom. The normalized spacial score (nSPS) is 21.2. The fraction of sp³-hybridized carbons (Fsp3) is 0.625. The standard InChI is InChI=1S/C16H23F2NO/c1-15(2,3)19-11-7-9-13(19)12-8-5-6-10-14(12)20-16(4,17)18/h5-6,8,10,13H,7,9,11H2,1-4H3. The highest BCUT2D eigenvalue weighted by Crippen LogP contribution is 2.41. The molecule has 1 aliphatic rings. The zero-order valence-electron chi connectivity index (χ0n) is 12.6. The van der Waals surface area contributed by atoms with Crippen LogP contribution in [0.3, 0.4) is 0 Å².